The largest absolute Gasteiger partial charge is 0.508 e. The number of rotatable bonds is 5. The molecule has 0 spiro atoms. The summed E-state index contributed by atoms with van der Waals surface area (Å²) in [5, 5.41) is 9.81. The lowest BCUT2D eigenvalue weighted by Crippen LogP contribution is -2.34. The van der Waals surface area contributed by atoms with Gasteiger partial charge in [0.2, 0.25) is 0 Å². The van der Waals surface area contributed by atoms with Gasteiger partial charge in [-0.05, 0) is 37.1 Å². The number of benzene rings is 1. The van der Waals surface area contributed by atoms with Crippen LogP contribution in [-0.4, -0.2) is 30.8 Å². The predicted octanol–water partition coefficient (Wildman–Crippen LogP) is 1.14. The second kappa shape index (κ2) is 6.26. The Morgan fingerprint density at radius 1 is 1.50 bits per heavy atom. The summed E-state index contributed by atoms with van der Waals surface area (Å²) in [4.78, 5) is 11.4. The fourth-order valence-corrected chi connectivity index (χ4v) is 1.67. The molecule has 0 aliphatic rings. The topological polar surface area (TPSA) is 81.8 Å². The summed E-state index contributed by atoms with van der Waals surface area (Å²) in [5.41, 5.74) is 7.10. The molecule has 0 saturated heterocycles. The first-order valence-electron chi connectivity index (χ1n) is 5.78. The number of esters is 1. The van der Waals surface area contributed by atoms with Crippen LogP contribution in [0.5, 0.6) is 11.5 Å². The minimum Gasteiger partial charge on any atom is -0.508 e. The van der Waals surface area contributed by atoms with Crippen LogP contribution >= 0.6 is 0 Å². The van der Waals surface area contributed by atoms with Crippen LogP contribution in [0.25, 0.3) is 0 Å². The second-order valence-corrected chi connectivity index (χ2v) is 4.01. The molecule has 5 nitrogen and oxygen atoms in total. The van der Waals surface area contributed by atoms with Crippen molar-refractivity contribution < 1.29 is 19.4 Å². The number of ether oxygens (including phenoxy) is 2. The smallest absolute Gasteiger partial charge is 0.323 e. The van der Waals surface area contributed by atoms with Gasteiger partial charge in [-0.2, -0.15) is 0 Å². The molecule has 1 aromatic rings. The van der Waals surface area contributed by atoms with Crippen molar-refractivity contribution in [2.45, 2.75) is 26.3 Å². The quantitative estimate of drug-likeness (QED) is 0.769. The van der Waals surface area contributed by atoms with Crippen LogP contribution < -0.4 is 10.5 Å². The first-order valence-corrected chi connectivity index (χ1v) is 5.78. The maximum atomic E-state index is 11.4. The molecule has 5 heteroatoms. The van der Waals surface area contributed by atoms with E-state index in [9.17, 15) is 9.90 Å². The Hall–Kier alpha value is -1.75. The van der Waals surface area contributed by atoms with E-state index < -0.39 is 12.0 Å². The first kappa shape index (κ1) is 14.3. The summed E-state index contributed by atoms with van der Waals surface area (Å²) in [6, 6.07) is 2.48. The maximum Gasteiger partial charge on any atom is 0.323 e. The molecule has 0 aliphatic heterocycles. The van der Waals surface area contributed by atoms with Gasteiger partial charge in [-0.1, -0.05) is 0 Å². The molecule has 1 unspecified atom stereocenters. The molecule has 1 rings (SSSR count). The molecular formula is C13H19NO4. The lowest BCUT2D eigenvalue weighted by Gasteiger charge is -2.13. The van der Waals surface area contributed by atoms with Crippen molar-refractivity contribution in [3.05, 3.63) is 23.3 Å². The summed E-state index contributed by atoms with van der Waals surface area (Å²) in [6.45, 7) is 3.83. The van der Waals surface area contributed by atoms with E-state index in [4.69, 9.17) is 15.2 Å². The van der Waals surface area contributed by atoms with Gasteiger partial charge in [0, 0.05) is 6.42 Å². The van der Waals surface area contributed by atoms with Crippen LogP contribution in [0.15, 0.2) is 12.1 Å². The summed E-state index contributed by atoms with van der Waals surface area (Å²) >= 11 is 0. The van der Waals surface area contributed by atoms with Crippen molar-refractivity contribution in [3.63, 3.8) is 0 Å². The molecule has 0 amide bonds. The first-order chi connectivity index (χ1) is 8.49. The van der Waals surface area contributed by atoms with Crippen LogP contribution in [0, 0.1) is 6.92 Å². The summed E-state index contributed by atoms with van der Waals surface area (Å²) in [6.07, 6.45) is 0.210. The molecule has 1 atom stereocenters. The molecule has 1 aromatic carbocycles. The molecule has 0 radical (unpaired) electrons. The van der Waals surface area contributed by atoms with E-state index >= 15 is 0 Å². The van der Waals surface area contributed by atoms with E-state index in [2.05, 4.69) is 0 Å². The zero-order valence-corrected chi connectivity index (χ0v) is 10.9. The standard InChI is InChI=1S/C13H19NO4/c1-4-18-13(16)10(14)6-9-7-12(17-3)8(2)5-11(9)15/h5,7,10,15H,4,6,14H2,1-3H3. The Labute approximate surface area is 107 Å². The number of methoxy groups -OCH3 is 1. The van der Waals surface area contributed by atoms with E-state index in [1.54, 1.807) is 26.2 Å². The number of aryl methyl sites for hydroxylation is 1. The highest BCUT2D eigenvalue weighted by molar-refractivity contribution is 5.76. The fraction of sp³-hybridized carbons (Fsp3) is 0.462. The van der Waals surface area contributed by atoms with E-state index in [1.165, 1.54) is 0 Å². The van der Waals surface area contributed by atoms with E-state index in [0.717, 1.165) is 5.56 Å². The van der Waals surface area contributed by atoms with Gasteiger partial charge in [0.1, 0.15) is 17.5 Å². The van der Waals surface area contributed by atoms with Gasteiger partial charge >= 0.3 is 5.97 Å². The molecule has 0 saturated carbocycles. The van der Waals surface area contributed by atoms with Crippen molar-refractivity contribution in [2.75, 3.05) is 13.7 Å². The number of phenolic OH excluding ortho intramolecular Hbond substituents is 1. The third-order valence-corrected chi connectivity index (χ3v) is 2.63. The fourth-order valence-electron chi connectivity index (χ4n) is 1.67. The lowest BCUT2D eigenvalue weighted by molar-refractivity contribution is -0.144. The number of hydrogen-bond acceptors (Lipinski definition) is 5. The van der Waals surface area contributed by atoms with E-state index in [-0.39, 0.29) is 18.8 Å². The Balaban J connectivity index is 2.87. The van der Waals surface area contributed by atoms with Crippen LogP contribution in [0.1, 0.15) is 18.1 Å². The molecule has 18 heavy (non-hydrogen) atoms. The number of carbonyl (C=O) groups excluding carboxylic acids is 1. The van der Waals surface area contributed by atoms with Gasteiger partial charge in [-0.3, -0.25) is 4.79 Å². The number of phenols is 1. The minimum atomic E-state index is -0.789. The number of aromatic hydroxyl groups is 1. The van der Waals surface area contributed by atoms with Crippen molar-refractivity contribution in [1.29, 1.82) is 0 Å². The SMILES string of the molecule is CCOC(=O)C(N)Cc1cc(OC)c(C)cc1O. The molecule has 100 valence electrons. The average Bonchev–Trinajstić information content (AvgIpc) is 2.32. The van der Waals surface area contributed by atoms with E-state index in [1.807, 2.05) is 6.92 Å². The molecule has 0 fully saturated rings. The zero-order chi connectivity index (χ0) is 13.7. The maximum absolute atomic E-state index is 11.4. The molecular weight excluding hydrogens is 234 g/mol. The second-order valence-electron chi connectivity index (χ2n) is 4.01. The lowest BCUT2D eigenvalue weighted by atomic mass is 10.0. The molecule has 0 bridgehead atoms. The van der Waals surface area contributed by atoms with Gasteiger partial charge in [-0.15, -0.1) is 0 Å². The third kappa shape index (κ3) is 3.37. The Bertz CT molecular complexity index is 431. The molecule has 3 N–H and O–H groups in total. The van der Waals surface area contributed by atoms with Crippen LogP contribution in [0.2, 0.25) is 0 Å². The van der Waals surface area contributed by atoms with Crippen LogP contribution in [-0.2, 0) is 16.0 Å². The monoisotopic (exact) mass is 253 g/mol. The average molecular weight is 253 g/mol. The van der Waals surface area contributed by atoms with Crippen molar-refractivity contribution in [3.8, 4) is 11.5 Å². The zero-order valence-electron chi connectivity index (χ0n) is 10.9. The molecule has 0 aliphatic carbocycles. The van der Waals surface area contributed by atoms with Crippen molar-refractivity contribution in [2.24, 2.45) is 5.73 Å². The highest BCUT2D eigenvalue weighted by Gasteiger charge is 2.18. The summed E-state index contributed by atoms with van der Waals surface area (Å²) in [7, 11) is 1.55. The van der Waals surface area contributed by atoms with Gasteiger partial charge in [-0.25, -0.2) is 0 Å². The Kier molecular flexibility index (Phi) is 4.97. The van der Waals surface area contributed by atoms with Gasteiger partial charge < -0.3 is 20.3 Å². The third-order valence-electron chi connectivity index (χ3n) is 2.63. The van der Waals surface area contributed by atoms with Crippen LogP contribution in [0.4, 0.5) is 0 Å². The van der Waals surface area contributed by atoms with Gasteiger partial charge in [0.15, 0.2) is 0 Å². The minimum absolute atomic E-state index is 0.105. The Morgan fingerprint density at radius 2 is 2.17 bits per heavy atom. The van der Waals surface area contributed by atoms with E-state index in [0.29, 0.717) is 11.3 Å². The van der Waals surface area contributed by atoms with Crippen molar-refractivity contribution in [1.82, 2.24) is 0 Å². The highest BCUT2D eigenvalue weighted by Crippen LogP contribution is 2.28. The predicted molar refractivity (Wildman–Crippen MR) is 67.7 cm³/mol. The number of hydrogen-bond donors (Lipinski definition) is 2. The molecule has 0 heterocycles. The summed E-state index contributed by atoms with van der Waals surface area (Å²) < 4.78 is 9.98. The van der Waals surface area contributed by atoms with Gasteiger partial charge in [0.25, 0.3) is 0 Å². The summed E-state index contributed by atoms with van der Waals surface area (Å²) in [5.74, 6) is 0.281. The highest BCUT2D eigenvalue weighted by atomic mass is 16.5. The molecule has 0 aromatic heterocycles. The van der Waals surface area contributed by atoms with Crippen LogP contribution in [0.3, 0.4) is 0 Å². The number of nitrogens with two attached hydrogens (primary N) is 1. The van der Waals surface area contributed by atoms with Gasteiger partial charge in [0.05, 0.1) is 13.7 Å². The van der Waals surface area contributed by atoms with Crippen molar-refractivity contribution >= 4 is 5.97 Å². The normalized spacial score (nSPS) is 12.0. The Morgan fingerprint density at radius 3 is 2.72 bits per heavy atom. The number of carbonyl (C=O) groups is 1.